The van der Waals surface area contributed by atoms with E-state index >= 15 is 0 Å². The molecular formula is C12H15ClN2O4S. The summed E-state index contributed by atoms with van der Waals surface area (Å²) in [5.74, 6) is -0.716. The maximum atomic E-state index is 12.4. The highest BCUT2D eigenvalue weighted by Crippen LogP contribution is 2.22. The molecule has 1 unspecified atom stereocenters. The second-order valence-corrected chi connectivity index (χ2v) is 6.56. The van der Waals surface area contributed by atoms with Crippen LogP contribution in [0.4, 0.5) is 0 Å². The normalized spacial score (nSPS) is 19.0. The van der Waals surface area contributed by atoms with Crippen LogP contribution in [0.1, 0.15) is 16.8 Å². The molecule has 1 heterocycles. The Balaban J connectivity index is 2.38. The number of carbonyl (C=O) groups excluding carboxylic acids is 1. The first-order chi connectivity index (χ1) is 9.44. The second-order valence-electron chi connectivity index (χ2n) is 4.44. The van der Waals surface area contributed by atoms with Gasteiger partial charge in [0.2, 0.25) is 10.0 Å². The lowest BCUT2D eigenvalue weighted by atomic mass is 10.2. The van der Waals surface area contributed by atoms with Crippen molar-refractivity contribution < 1.29 is 17.9 Å². The molecule has 1 fully saturated rings. The lowest BCUT2D eigenvalue weighted by Crippen LogP contribution is -2.36. The van der Waals surface area contributed by atoms with Crippen molar-refractivity contribution in [2.24, 2.45) is 0 Å². The standard InChI is InChI=1S/C12H15ClN2O4S/c1-19-12(16)10-3-2-8(13)6-11(10)20(17,18)15-9-4-5-14-7-9/h2-3,6,9,14-15H,4-5,7H2,1H3. The molecule has 1 saturated heterocycles. The summed E-state index contributed by atoms with van der Waals surface area (Å²) in [5.41, 5.74) is -0.0321. The minimum absolute atomic E-state index is 0.0321. The fourth-order valence-corrected chi connectivity index (χ4v) is 3.76. The molecule has 0 aliphatic carbocycles. The first-order valence-corrected chi connectivity index (χ1v) is 7.91. The quantitative estimate of drug-likeness (QED) is 0.801. The number of methoxy groups -OCH3 is 1. The largest absolute Gasteiger partial charge is 0.465 e. The third-order valence-corrected chi connectivity index (χ3v) is 4.82. The third kappa shape index (κ3) is 3.29. The number of ether oxygens (including phenoxy) is 1. The molecule has 0 spiro atoms. The average molecular weight is 319 g/mol. The highest BCUT2D eigenvalue weighted by molar-refractivity contribution is 7.89. The Morgan fingerprint density at radius 2 is 2.25 bits per heavy atom. The SMILES string of the molecule is COC(=O)c1ccc(Cl)cc1S(=O)(=O)NC1CCNC1. The smallest absolute Gasteiger partial charge is 0.339 e. The van der Waals surface area contributed by atoms with Gasteiger partial charge in [-0.1, -0.05) is 11.6 Å². The van der Waals surface area contributed by atoms with Crippen LogP contribution in [0.25, 0.3) is 0 Å². The average Bonchev–Trinajstić information content (AvgIpc) is 2.90. The molecule has 0 bridgehead atoms. The molecule has 0 radical (unpaired) electrons. The molecule has 20 heavy (non-hydrogen) atoms. The number of halogens is 1. The monoisotopic (exact) mass is 318 g/mol. The maximum absolute atomic E-state index is 12.4. The number of sulfonamides is 1. The number of rotatable bonds is 4. The summed E-state index contributed by atoms with van der Waals surface area (Å²) in [6.07, 6.45) is 0.702. The zero-order valence-electron chi connectivity index (χ0n) is 10.8. The third-order valence-electron chi connectivity index (χ3n) is 3.02. The van der Waals surface area contributed by atoms with Crippen LogP contribution in [0.2, 0.25) is 5.02 Å². The van der Waals surface area contributed by atoms with Crippen LogP contribution < -0.4 is 10.0 Å². The van der Waals surface area contributed by atoms with Crippen LogP contribution in [-0.4, -0.2) is 40.6 Å². The predicted molar refractivity (Wildman–Crippen MR) is 74.4 cm³/mol. The molecule has 2 N–H and O–H groups in total. The highest BCUT2D eigenvalue weighted by Gasteiger charge is 2.27. The molecule has 6 nitrogen and oxygen atoms in total. The van der Waals surface area contributed by atoms with Crippen molar-refractivity contribution in [1.29, 1.82) is 0 Å². The van der Waals surface area contributed by atoms with Crippen LogP contribution in [-0.2, 0) is 14.8 Å². The zero-order chi connectivity index (χ0) is 14.8. The van der Waals surface area contributed by atoms with Crippen molar-refractivity contribution in [3.05, 3.63) is 28.8 Å². The summed E-state index contributed by atoms with van der Waals surface area (Å²) < 4.78 is 31.9. The van der Waals surface area contributed by atoms with Crippen molar-refractivity contribution >= 4 is 27.6 Å². The molecule has 0 saturated carbocycles. The Labute approximate surface area is 122 Å². The van der Waals surface area contributed by atoms with Crippen molar-refractivity contribution in [1.82, 2.24) is 10.0 Å². The minimum Gasteiger partial charge on any atom is -0.465 e. The second kappa shape index (κ2) is 6.09. The van der Waals surface area contributed by atoms with E-state index in [1.165, 1.54) is 25.3 Å². The van der Waals surface area contributed by atoms with E-state index in [1.807, 2.05) is 0 Å². The molecule has 1 aliphatic rings. The fourth-order valence-electron chi connectivity index (χ4n) is 2.04. The summed E-state index contributed by atoms with van der Waals surface area (Å²) in [6, 6.07) is 3.85. The van der Waals surface area contributed by atoms with Gasteiger partial charge in [-0.05, 0) is 31.2 Å². The van der Waals surface area contributed by atoms with Crippen LogP contribution in [0.3, 0.4) is 0 Å². The van der Waals surface area contributed by atoms with Gasteiger partial charge in [0.05, 0.1) is 17.6 Å². The van der Waals surface area contributed by atoms with Gasteiger partial charge in [-0.2, -0.15) is 0 Å². The number of benzene rings is 1. The van der Waals surface area contributed by atoms with E-state index < -0.39 is 16.0 Å². The molecule has 1 aromatic rings. The number of hydrogen-bond donors (Lipinski definition) is 2. The Kier molecular flexibility index (Phi) is 4.64. The van der Waals surface area contributed by atoms with E-state index in [-0.39, 0.29) is 21.5 Å². The molecule has 0 aromatic heterocycles. The van der Waals surface area contributed by atoms with Gasteiger partial charge in [-0.25, -0.2) is 17.9 Å². The minimum atomic E-state index is -3.83. The summed E-state index contributed by atoms with van der Waals surface area (Å²) in [5, 5.41) is 3.30. The lowest BCUT2D eigenvalue weighted by Gasteiger charge is -2.14. The van der Waals surface area contributed by atoms with Gasteiger partial charge in [0.15, 0.2) is 0 Å². The summed E-state index contributed by atoms with van der Waals surface area (Å²) in [7, 11) is -2.63. The topological polar surface area (TPSA) is 84.5 Å². The summed E-state index contributed by atoms with van der Waals surface area (Å²) >= 11 is 5.83. The van der Waals surface area contributed by atoms with E-state index in [0.717, 1.165) is 6.54 Å². The van der Waals surface area contributed by atoms with Crippen molar-refractivity contribution in [3.63, 3.8) is 0 Å². The molecule has 1 aliphatic heterocycles. The van der Waals surface area contributed by atoms with Gasteiger partial charge in [-0.3, -0.25) is 0 Å². The predicted octanol–water partition coefficient (Wildman–Crippen LogP) is 0.767. The van der Waals surface area contributed by atoms with Crippen LogP contribution >= 0.6 is 11.6 Å². The van der Waals surface area contributed by atoms with E-state index in [4.69, 9.17) is 11.6 Å². The van der Waals surface area contributed by atoms with Crippen molar-refractivity contribution in [3.8, 4) is 0 Å². The highest BCUT2D eigenvalue weighted by atomic mass is 35.5. The van der Waals surface area contributed by atoms with Gasteiger partial charge in [0, 0.05) is 17.6 Å². The molecule has 8 heteroatoms. The van der Waals surface area contributed by atoms with Crippen LogP contribution in [0.5, 0.6) is 0 Å². The van der Waals surface area contributed by atoms with E-state index in [1.54, 1.807) is 0 Å². The summed E-state index contributed by atoms with van der Waals surface area (Å²) in [4.78, 5) is 11.5. The van der Waals surface area contributed by atoms with Gasteiger partial charge in [0.25, 0.3) is 0 Å². The van der Waals surface area contributed by atoms with Crippen molar-refractivity contribution in [2.75, 3.05) is 20.2 Å². The number of hydrogen-bond acceptors (Lipinski definition) is 5. The van der Waals surface area contributed by atoms with Gasteiger partial charge in [0.1, 0.15) is 0 Å². The Morgan fingerprint density at radius 1 is 1.50 bits per heavy atom. The maximum Gasteiger partial charge on any atom is 0.339 e. The first kappa shape index (κ1) is 15.2. The number of esters is 1. The van der Waals surface area contributed by atoms with Crippen LogP contribution in [0, 0.1) is 0 Å². The Hall–Kier alpha value is -1.15. The Bertz CT molecular complexity index is 612. The molecule has 2 rings (SSSR count). The zero-order valence-corrected chi connectivity index (χ0v) is 12.4. The Morgan fingerprint density at radius 3 is 2.85 bits per heavy atom. The van der Waals surface area contributed by atoms with Gasteiger partial charge in [-0.15, -0.1) is 0 Å². The first-order valence-electron chi connectivity index (χ1n) is 6.05. The molecular weight excluding hydrogens is 304 g/mol. The van der Waals surface area contributed by atoms with Gasteiger partial charge >= 0.3 is 5.97 Å². The molecule has 1 aromatic carbocycles. The van der Waals surface area contributed by atoms with Crippen LogP contribution in [0.15, 0.2) is 23.1 Å². The van der Waals surface area contributed by atoms with E-state index in [9.17, 15) is 13.2 Å². The molecule has 110 valence electrons. The lowest BCUT2D eigenvalue weighted by molar-refractivity contribution is 0.0596. The van der Waals surface area contributed by atoms with E-state index in [0.29, 0.717) is 13.0 Å². The van der Waals surface area contributed by atoms with E-state index in [2.05, 4.69) is 14.8 Å². The summed E-state index contributed by atoms with van der Waals surface area (Å²) in [6.45, 7) is 1.32. The fraction of sp³-hybridized carbons (Fsp3) is 0.417. The number of nitrogens with one attached hydrogen (secondary N) is 2. The molecule has 1 atom stereocenters. The molecule has 0 amide bonds. The number of carbonyl (C=O) groups is 1. The van der Waals surface area contributed by atoms with Gasteiger partial charge < -0.3 is 10.1 Å². The van der Waals surface area contributed by atoms with Crippen molar-refractivity contribution in [2.45, 2.75) is 17.4 Å².